The third-order valence-corrected chi connectivity index (χ3v) is 4.17. The minimum atomic E-state index is -0.339. The van der Waals surface area contributed by atoms with E-state index in [1.807, 2.05) is 35.2 Å². The Balaban J connectivity index is 1.80. The molecule has 1 aliphatic carbocycles. The van der Waals surface area contributed by atoms with Gasteiger partial charge in [-0.2, -0.15) is 0 Å². The number of hydrogen-bond donors (Lipinski definition) is 1. The molecule has 1 amide bonds. The van der Waals surface area contributed by atoms with Gasteiger partial charge in [0, 0.05) is 13.1 Å². The Morgan fingerprint density at radius 1 is 1.28 bits per heavy atom. The van der Waals surface area contributed by atoms with Crippen LogP contribution in [0.2, 0.25) is 0 Å². The van der Waals surface area contributed by atoms with Crippen molar-refractivity contribution in [2.24, 2.45) is 0 Å². The van der Waals surface area contributed by atoms with Crippen LogP contribution in [0.15, 0.2) is 30.3 Å². The monoisotopic (exact) mass is 245 g/mol. The van der Waals surface area contributed by atoms with E-state index >= 15 is 0 Å². The number of benzene rings is 1. The first-order valence-corrected chi connectivity index (χ1v) is 6.75. The first-order valence-electron chi connectivity index (χ1n) is 6.75. The van der Waals surface area contributed by atoms with Crippen LogP contribution in [-0.4, -0.2) is 35.1 Å². The predicted octanol–water partition coefficient (Wildman–Crippen LogP) is 1.70. The molecule has 0 radical (unpaired) electrons. The molecular formula is C15H19NO2. The number of carbonyl (C=O) groups excluding carboxylic acids is 1. The van der Waals surface area contributed by atoms with Gasteiger partial charge in [-0.1, -0.05) is 30.3 Å². The minimum absolute atomic E-state index is 0.215. The molecule has 2 fully saturated rings. The van der Waals surface area contributed by atoms with Crippen LogP contribution in [0.1, 0.15) is 31.2 Å². The van der Waals surface area contributed by atoms with Crippen molar-refractivity contribution in [3.8, 4) is 0 Å². The number of nitrogens with zero attached hydrogens (tertiary/aromatic N) is 1. The van der Waals surface area contributed by atoms with E-state index in [0.29, 0.717) is 6.54 Å². The molecule has 1 aromatic carbocycles. The Morgan fingerprint density at radius 2 is 2.00 bits per heavy atom. The van der Waals surface area contributed by atoms with Crippen LogP contribution in [0.5, 0.6) is 0 Å². The van der Waals surface area contributed by atoms with Crippen molar-refractivity contribution in [1.82, 2.24) is 4.90 Å². The Kier molecular flexibility index (Phi) is 2.86. The topological polar surface area (TPSA) is 40.5 Å². The second-order valence-electron chi connectivity index (χ2n) is 5.50. The summed E-state index contributed by atoms with van der Waals surface area (Å²) in [6.45, 7) is 1.30. The van der Waals surface area contributed by atoms with Gasteiger partial charge in [0.25, 0.3) is 0 Å². The Labute approximate surface area is 107 Å². The highest BCUT2D eigenvalue weighted by Crippen LogP contribution is 2.49. The third-order valence-electron chi connectivity index (χ3n) is 4.17. The maximum Gasteiger partial charge on any atom is 0.233 e. The molecule has 1 aromatic rings. The number of piperidine rings is 1. The van der Waals surface area contributed by atoms with Crippen LogP contribution < -0.4 is 0 Å². The van der Waals surface area contributed by atoms with Crippen molar-refractivity contribution in [2.45, 2.75) is 37.2 Å². The summed E-state index contributed by atoms with van der Waals surface area (Å²) in [4.78, 5) is 14.5. The Hall–Kier alpha value is -1.35. The van der Waals surface area contributed by atoms with E-state index in [9.17, 15) is 9.90 Å². The molecule has 0 bridgehead atoms. The van der Waals surface area contributed by atoms with Crippen LogP contribution in [0.25, 0.3) is 0 Å². The zero-order valence-corrected chi connectivity index (χ0v) is 10.5. The average molecular weight is 245 g/mol. The van der Waals surface area contributed by atoms with Gasteiger partial charge < -0.3 is 10.0 Å². The molecule has 3 heteroatoms. The number of β-amino-alcohol motifs (C(OH)–C–C–N with tert-alkyl or cyclic N) is 1. The van der Waals surface area contributed by atoms with Gasteiger partial charge in [0.1, 0.15) is 0 Å². The highest BCUT2D eigenvalue weighted by atomic mass is 16.3. The molecule has 1 aliphatic heterocycles. The van der Waals surface area contributed by atoms with Crippen LogP contribution in [0.3, 0.4) is 0 Å². The van der Waals surface area contributed by atoms with Gasteiger partial charge in [-0.25, -0.2) is 0 Å². The van der Waals surface area contributed by atoms with Gasteiger partial charge in [-0.15, -0.1) is 0 Å². The maximum absolute atomic E-state index is 12.6. The molecule has 0 spiro atoms. The fourth-order valence-corrected chi connectivity index (χ4v) is 2.95. The van der Waals surface area contributed by atoms with Crippen molar-refractivity contribution in [2.75, 3.05) is 13.1 Å². The van der Waals surface area contributed by atoms with E-state index in [0.717, 1.165) is 37.8 Å². The lowest BCUT2D eigenvalue weighted by atomic mass is 9.93. The van der Waals surface area contributed by atoms with E-state index < -0.39 is 0 Å². The number of hydrogen-bond acceptors (Lipinski definition) is 2. The quantitative estimate of drug-likeness (QED) is 0.861. The molecule has 18 heavy (non-hydrogen) atoms. The SMILES string of the molecule is O=C(N1CCC[C@H](O)C1)C1(c2ccccc2)CC1. The zero-order valence-electron chi connectivity index (χ0n) is 10.5. The molecular weight excluding hydrogens is 226 g/mol. The highest BCUT2D eigenvalue weighted by Gasteiger charge is 2.53. The summed E-state index contributed by atoms with van der Waals surface area (Å²) in [6.07, 6.45) is 3.29. The van der Waals surface area contributed by atoms with E-state index in [1.165, 1.54) is 0 Å². The molecule has 0 unspecified atom stereocenters. The molecule has 1 saturated carbocycles. The highest BCUT2D eigenvalue weighted by molar-refractivity contribution is 5.91. The molecule has 3 rings (SSSR count). The number of aliphatic hydroxyl groups excluding tert-OH is 1. The van der Waals surface area contributed by atoms with Crippen LogP contribution in [0, 0.1) is 0 Å². The van der Waals surface area contributed by atoms with Gasteiger partial charge in [0.05, 0.1) is 11.5 Å². The third kappa shape index (κ3) is 1.93. The normalized spacial score (nSPS) is 25.8. The number of rotatable bonds is 2. The smallest absolute Gasteiger partial charge is 0.233 e. The molecule has 1 heterocycles. The summed E-state index contributed by atoms with van der Waals surface area (Å²) in [5.41, 5.74) is 0.855. The summed E-state index contributed by atoms with van der Waals surface area (Å²) in [6, 6.07) is 10.1. The van der Waals surface area contributed by atoms with Crippen molar-refractivity contribution in [3.05, 3.63) is 35.9 Å². The molecule has 96 valence electrons. The number of aliphatic hydroxyl groups is 1. The molecule has 1 saturated heterocycles. The molecule has 2 aliphatic rings. The summed E-state index contributed by atoms with van der Waals surface area (Å²) < 4.78 is 0. The minimum Gasteiger partial charge on any atom is -0.391 e. The Bertz CT molecular complexity index is 439. The van der Waals surface area contributed by atoms with Gasteiger partial charge in [0.2, 0.25) is 5.91 Å². The van der Waals surface area contributed by atoms with Crippen molar-refractivity contribution >= 4 is 5.91 Å². The summed E-state index contributed by atoms with van der Waals surface area (Å²) >= 11 is 0. The largest absolute Gasteiger partial charge is 0.391 e. The van der Waals surface area contributed by atoms with Crippen molar-refractivity contribution < 1.29 is 9.90 Å². The lowest BCUT2D eigenvalue weighted by Crippen LogP contribution is -2.46. The summed E-state index contributed by atoms with van der Waals surface area (Å²) in [5, 5.41) is 9.69. The molecule has 3 nitrogen and oxygen atoms in total. The standard InChI is InChI=1S/C15H19NO2/c17-13-7-4-10-16(11-13)14(18)15(8-9-15)12-5-2-1-3-6-12/h1-3,5-6,13,17H,4,7-11H2/t13-/m0/s1. The van der Waals surface area contributed by atoms with E-state index in [2.05, 4.69) is 0 Å². The molecule has 1 atom stereocenters. The fourth-order valence-electron chi connectivity index (χ4n) is 2.95. The van der Waals surface area contributed by atoms with Crippen LogP contribution >= 0.6 is 0 Å². The molecule has 0 aromatic heterocycles. The van der Waals surface area contributed by atoms with E-state index in [4.69, 9.17) is 0 Å². The fraction of sp³-hybridized carbons (Fsp3) is 0.533. The number of carbonyl (C=O) groups is 1. The van der Waals surface area contributed by atoms with Gasteiger partial charge in [-0.05, 0) is 31.2 Å². The number of likely N-dealkylation sites (tertiary alicyclic amines) is 1. The summed E-state index contributed by atoms with van der Waals surface area (Å²) in [5.74, 6) is 0.215. The predicted molar refractivity (Wildman–Crippen MR) is 69.2 cm³/mol. The van der Waals surface area contributed by atoms with Crippen LogP contribution in [0.4, 0.5) is 0 Å². The number of amides is 1. The zero-order chi connectivity index (χ0) is 12.6. The van der Waals surface area contributed by atoms with Crippen molar-refractivity contribution in [3.63, 3.8) is 0 Å². The average Bonchev–Trinajstić information content (AvgIpc) is 3.20. The summed E-state index contributed by atoms with van der Waals surface area (Å²) in [7, 11) is 0. The molecule has 1 N–H and O–H groups in total. The van der Waals surface area contributed by atoms with Crippen LogP contribution in [-0.2, 0) is 10.2 Å². The van der Waals surface area contributed by atoms with Gasteiger partial charge in [0.15, 0.2) is 0 Å². The Morgan fingerprint density at radius 3 is 2.61 bits per heavy atom. The van der Waals surface area contributed by atoms with Gasteiger partial charge >= 0.3 is 0 Å². The second kappa shape index (κ2) is 4.39. The lowest BCUT2D eigenvalue weighted by Gasteiger charge is -2.33. The van der Waals surface area contributed by atoms with E-state index in [1.54, 1.807) is 0 Å². The second-order valence-corrected chi connectivity index (χ2v) is 5.50. The maximum atomic E-state index is 12.6. The lowest BCUT2D eigenvalue weighted by molar-refractivity contribution is -0.137. The van der Waals surface area contributed by atoms with Gasteiger partial charge in [-0.3, -0.25) is 4.79 Å². The first-order chi connectivity index (χ1) is 8.72. The first kappa shape index (κ1) is 11.7. The van der Waals surface area contributed by atoms with E-state index in [-0.39, 0.29) is 17.4 Å². The van der Waals surface area contributed by atoms with Crippen molar-refractivity contribution in [1.29, 1.82) is 0 Å².